The van der Waals surface area contributed by atoms with E-state index < -0.39 is 15.4 Å². The zero-order valence-electron chi connectivity index (χ0n) is 16.8. The third-order valence-corrected chi connectivity index (χ3v) is 7.03. The van der Waals surface area contributed by atoms with Crippen LogP contribution in [0.1, 0.15) is 35.4 Å². The largest absolute Gasteiger partial charge is 0.360 e. The third-order valence-electron chi connectivity index (χ3n) is 5.41. The Morgan fingerprint density at radius 1 is 1.07 bits per heavy atom. The van der Waals surface area contributed by atoms with Crippen LogP contribution in [-0.4, -0.2) is 19.5 Å². The molecular weight excluding hydrogens is 402 g/mol. The van der Waals surface area contributed by atoms with Crippen molar-refractivity contribution < 1.29 is 17.7 Å². The molecule has 0 atom stereocenters. The molecule has 2 aromatic carbocycles. The molecule has 7 nitrogen and oxygen atoms in total. The molecule has 1 aliphatic rings. The molecule has 1 fully saturated rings. The van der Waals surface area contributed by atoms with E-state index in [2.05, 4.69) is 15.2 Å². The number of rotatable bonds is 7. The molecule has 1 heterocycles. The minimum absolute atomic E-state index is 0.00425. The van der Waals surface area contributed by atoms with Crippen molar-refractivity contribution in [2.45, 2.75) is 43.5 Å². The van der Waals surface area contributed by atoms with E-state index in [1.165, 1.54) is 0 Å². The first-order valence-corrected chi connectivity index (χ1v) is 11.2. The average molecular weight is 426 g/mol. The fourth-order valence-electron chi connectivity index (χ4n) is 3.64. The molecule has 0 saturated heterocycles. The summed E-state index contributed by atoms with van der Waals surface area (Å²) in [6.45, 7) is 3.62. The summed E-state index contributed by atoms with van der Waals surface area (Å²) < 4.78 is 32.8. The van der Waals surface area contributed by atoms with Crippen LogP contribution < -0.4 is 10.0 Å². The number of hydrogen-bond donors (Lipinski definition) is 2. The van der Waals surface area contributed by atoms with Crippen LogP contribution in [0.25, 0.3) is 0 Å². The minimum atomic E-state index is -3.81. The highest BCUT2D eigenvalue weighted by Gasteiger charge is 2.51. The van der Waals surface area contributed by atoms with Gasteiger partial charge in [0.25, 0.3) is 10.0 Å². The van der Waals surface area contributed by atoms with E-state index in [0.29, 0.717) is 17.9 Å². The van der Waals surface area contributed by atoms with Crippen molar-refractivity contribution in [2.75, 3.05) is 4.72 Å². The molecule has 8 heteroatoms. The van der Waals surface area contributed by atoms with E-state index in [1.807, 2.05) is 30.3 Å². The maximum atomic E-state index is 12.8. The molecule has 0 radical (unpaired) electrons. The number of carbonyl (C=O) groups excluding carboxylic acids is 1. The fourth-order valence-corrected chi connectivity index (χ4v) is 5.03. The second kappa shape index (κ2) is 7.60. The molecule has 1 saturated carbocycles. The van der Waals surface area contributed by atoms with Gasteiger partial charge < -0.3 is 9.84 Å². The molecule has 1 aromatic heterocycles. The lowest BCUT2D eigenvalue weighted by atomic mass is 9.94. The Balaban J connectivity index is 1.46. The van der Waals surface area contributed by atoms with Gasteiger partial charge in [-0.1, -0.05) is 47.6 Å². The Kier molecular flexibility index (Phi) is 5.11. The summed E-state index contributed by atoms with van der Waals surface area (Å²) >= 11 is 0. The zero-order valence-corrected chi connectivity index (χ0v) is 17.6. The summed E-state index contributed by atoms with van der Waals surface area (Å²) in [6.07, 6.45) is 1.55. The first-order valence-electron chi connectivity index (χ1n) is 9.70. The molecular formula is C22H23N3O4S. The van der Waals surface area contributed by atoms with Crippen LogP contribution in [0.4, 0.5) is 5.69 Å². The standard InChI is InChI=1S/C22H23N3O4S/c1-15-20(16(2)29-24-15)30(27,28)25-19-10-8-18(9-11-19)22(12-13-22)21(26)23-14-17-6-4-3-5-7-17/h3-11,25H,12-14H2,1-2H3,(H,23,26). The van der Waals surface area contributed by atoms with E-state index in [4.69, 9.17) is 4.52 Å². The molecule has 0 aliphatic heterocycles. The van der Waals surface area contributed by atoms with Gasteiger partial charge in [0.15, 0.2) is 10.7 Å². The normalized spacial score (nSPS) is 14.9. The number of aromatic nitrogens is 1. The maximum absolute atomic E-state index is 12.8. The van der Waals surface area contributed by atoms with Crippen molar-refractivity contribution in [1.29, 1.82) is 0 Å². The van der Waals surface area contributed by atoms with Crippen molar-refractivity contribution >= 4 is 21.6 Å². The van der Waals surface area contributed by atoms with Crippen molar-refractivity contribution in [3.8, 4) is 0 Å². The number of benzene rings is 2. The predicted octanol–water partition coefficient (Wildman–Crippen LogP) is 3.44. The van der Waals surface area contributed by atoms with Crippen molar-refractivity contribution in [3.63, 3.8) is 0 Å². The van der Waals surface area contributed by atoms with E-state index in [-0.39, 0.29) is 16.6 Å². The van der Waals surface area contributed by atoms with Crippen LogP contribution in [0.3, 0.4) is 0 Å². The van der Waals surface area contributed by atoms with Gasteiger partial charge in [-0.25, -0.2) is 8.42 Å². The molecule has 0 bridgehead atoms. The van der Waals surface area contributed by atoms with Crippen LogP contribution in [0.5, 0.6) is 0 Å². The number of amides is 1. The number of nitrogens with zero attached hydrogens (tertiary/aromatic N) is 1. The SMILES string of the molecule is Cc1noc(C)c1S(=O)(=O)Nc1ccc(C2(C(=O)NCc3ccccc3)CC2)cc1. The van der Waals surface area contributed by atoms with Gasteiger partial charge in [0.1, 0.15) is 5.69 Å². The van der Waals surface area contributed by atoms with Gasteiger partial charge in [-0.3, -0.25) is 9.52 Å². The van der Waals surface area contributed by atoms with E-state index in [0.717, 1.165) is 24.0 Å². The summed E-state index contributed by atoms with van der Waals surface area (Å²) in [4.78, 5) is 12.9. The Hall–Kier alpha value is -3.13. The second-order valence-electron chi connectivity index (χ2n) is 7.59. The second-order valence-corrected chi connectivity index (χ2v) is 9.21. The monoisotopic (exact) mass is 425 g/mol. The van der Waals surface area contributed by atoms with E-state index in [9.17, 15) is 13.2 Å². The smallest absolute Gasteiger partial charge is 0.267 e. The van der Waals surface area contributed by atoms with Gasteiger partial charge in [-0.15, -0.1) is 0 Å². The third kappa shape index (κ3) is 3.82. The van der Waals surface area contributed by atoms with Crippen LogP contribution >= 0.6 is 0 Å². The number of aryl methyl sites for hydroxylation is 2. The highest BCUT2D eigenvalue weighted by molar-refractivity contribution is 7.92. The quantitative estimate of drug-likeness (QED) is 0.604. The minimum Gasteiger partial charge on any atom is -0.360 e. The number of nitrogens with one attached hydrogen (secondary N) is 2. The Morgan fingerprint density at radius 2 is 1.73 bits per heavy atom. The van der Waals surface area contributed by atoms with Crippen LogP contribution in [0.2, 0.25) is 0 Å². The van der Waals surface area contributed by atoms with Gasteiger partial charge in [0.05, 0.1) is 5.41 Å². The van der Waals surface area contributed by atoms with Gasteiger partial charge >= 0.3 is 0 Å². The van der Waals surface area contributed by atoms with Crippen LogP contribution in [0.15, 0.2) is 64.0 Å². The molecule has 0 spiro atoms. The van der Waals surface area contributed by atoms with Gasteiger partial charge in [-0.05, 0) is 49.9 Å². The summed E-state index contributed by atoms with van der Waals surface area (Å²) in [5, 5.41) is 6.72. The lowest BCUT2D eigenvalue weighted by Gasteiger charge is -2.17. The molecule has 1 aliphatic carbocycles. The fraction of sp³-hybridized carbons (Fsp3) is 0.273. The average Bonchev–Trinajstić information content (AvgIpc) is 3.46. The molecule has 3 aromatic rings. The zero-order chi connectivity index (χ0) is 21.4. The summed E-state index contributed by atoms with van der Waals surface area (Å²) in [7, 11) is -3.81. The molecule has 2 N–H and O–H groups in total. The topological polar surface area (TPSA) is 101 Å². The maximum Gasteiger partial charge on any atom is 0.267 e. The van der Waals surface area contributed by atoms with Gasteiger partial charge in [0, 0.05) is 12.2 Å². The number of sulfonamides is 1. The molecule has 156 valence electrons. The highest BCUT2D eigenvalue weighted by Crippen LogP contribution is 2.48. The van der Waals surface area contributed by atoms with Crippen LogP contribution in [-0.2, 0) is 26.8 Å². The Morgan fingerprint density at radius 3 is 2.30 bits per heavy atom. The Labute approximate surface area is 175 Å². The van der Waals surface area contributed by atoms with Crippen molar-refractivity contribution in [1.82, 2.24) is 10.5 Å². The van der Waals surface area contributed by atoms with Crippen LogP contribution in [0, 0.1) is 13.8 Å². The van der Waals surface area contributed by atoms with Crippen molar-refractivity contribution in [2.24, 2.45) is 0 Å². The molecule has 4 rings (SSSR count). The highest BCUT2D eigenvalue weighted by atomic mass is 32.2. The van der Waals surface area contributed by atoms with Gasteiger partial charge in [-0.2, -0.15) is 0 Å². The van der Waals surface area contributed by atoms with E-state index >= 15 is 0 Å². The molecule has 30 heavy (non-hydrogen) atoms. The molecule has 1 amide bonds. The predicted molar refractivity (Wildman–Crippen MR) is 112 cm³/mol. The number of hydrogen-bond acceptors (Lipinski definition) is 5. The lowest BCUT2D eigenvalue weighted by molar-refractivity contribution is -0.123. The molecule has 0 unspecified atom stereocenters. The van der Waals surface area contributed by atoms with Crippen molar-refractivity contribution in [3.05, 3.63) is 77.2 Å². The first kappa shape index (κ1) is 20.2. The van der Waals surface area contributed by atoms with E-state index in [1.54, 1.807) is 38.1 Å². The number of anilines is 1. The first-order chi connectivity index (χ1) is 14.3. The number of carbonyl (C=O) groups is 1. The van der Waals surface area contributed by atoms with Gasteiger partial charge in [0.2, 0.25) is 5.91 Å². The summed E-state index contributed by atoms with van der Waals surface area (Å²) in [5.74, 6) is 0.235. The summed E-state index contributed by atoms with van der Waals surface area (Å²) in [6, 6.07) is 16.7. The Bertz CT molecular complexity index is 1150. The lowest BCUT2D eigenvalue weighted by Crippen LogP contribution is -2.34. The summed E-state index contributed by atoms with van der Waals surface area (Å²) in [5.41, 5.74) is 2.12.